The Kier molecular flexibility index (Phi) is 10.1. The molecule has 0 aliphatic rings. The number of benzene rings is 8. The van der Waals surface area contributed by atoms with Gasteiger partial charge in [-0.1, -0.05) is 127 Å². The van der Waals surface area contributed by atoms with E-state index in [9.17, 15) is 0 Å². The highest BCUT2D eigenvalue weighted by molar-refractivity contribution is 6.18. The van der Waals surface area contributed by atoms with Crippen LogP contribution < -0.4 is 0 Å². The normalized spacial score (nSPS) is 11.9. The van der Waals surface area contributed by atoms with E-state index in [1.54, 1.807) is 0 Å². The quantitative estimate of drug-likeness (QED) is 0.149. The number of para-hydroxylation sites is 2. The number of furan rings is 2. The smallest absolute Gasteiger partial charge is 0.159 e. The lowest BCUT2D eigenvalue weighted by Crippen LogP contribution is -1.96. The fourth-order valence-corrected chi connectivity index (χ4v) is 12.7. The number of fused-ring (bicyclic) bond motifs is 12. The SMILES string of the molecule is c1ccc(-c2ccccc2-c2ccc3c(c2)c2cnccc2n3-c2cccc3c2oc2c(-c4cccc(-c5cc(-n6c7cccnc7c7c(-c8ccccc8-c8ccccn8)cccc76)cc6c5oc5cccnc56)c4)cccc23)nc1. The third kappa shape index (κ3) is 6.96. The third-order valence-electron chi connectivity index (χ3n) is 16.2. The summed E-state index contributed by atoms with van der Waals surface area (Å²) >= 11 is 0. The van der Waals surface area contributed by atoms with Gasteiger partial charge in [0.25, 0.3) is 0 Å². The summed E-state index contributed by atoms with van der Waals surface area (Å²) in [6.07, 6.45) is 11.2. The molecule has 0 amide bonds. The first-order valence-corrected chi connectivity index (χ1v) is 27.4. The highest BCUT2D eigenvalue weighted by Gasteiger charge is 2.24. The molecule has 17 aromatic rings. The van der Waals surface area contributed by atoms with Gasteiger partial charge in [-0.05, 0) is 130 Å². The lowest BCUT2D eigenvalue weighted by molar-refractivity contribution is 0.667. The Morgan fingerprint density at radius 2 is 0.927 bits per heavy atom. The molecule has 0 radical (unpaired) electrons. The number of pyridine rings is 5. The molecule has 0 N–H and O–H groups in total. The Bertz CT molecular complexity index is 5420. The molecule has 0 bridgehead atoms. The van der Waals surface area contributed by atoms with E-state index in [-0.39, 0.29) is 0 Å². The first-order chi connectivity index (χ1) is 40.7. The zero-order chi connectivity index (χ0) is 53.8. The Labute approximate surface area is 468 Å². The Balaban J connectivity index is 0.825. The molecule has 9 nitrogen and oxygen atoms in total. The summed E-state index contributed by atoms with van der Waals surface area (Å²) in [5.74, 6) is 0. The Morgan fingerprint density at radius 3 is 1.74 bits per heavy atom. The van der Waals surface area contributed by atoms with Crippen LogP contribution in [0.4, 0.5) is 0 Å². The maximum Gasteiger partial charge on any atom is 0.159 e. The van der Waals surface area contributed by atoms with Crippen molar-refractivity contribution in [3.8, 4) is 78.4 Å². The van der Waals surface area contributed by atoms with Crippen molar-refractivity contribution in [3.05, 3.63) is 262 Å². The predicted molar refractivity (Wildman–Crippen MR) is 331 cm³/mol. The van der Waals surface area contributed by atoms with Crippen molar-refractivity contribution in [2.45, 2.75) is 0 Å². The summed E-state index contributed by atoms with van der Waals surface area (Å²) in [5, 5.41) is 6.20. The molecule has 0 unspecified atom stereocenters. The van der Waals surface area contributed by atoms with Gasteiger partial charge in [-0.15, -0.1) is 0 Å². The molecule has 382 valence electrons. The lowest BCUT2D eigenvalue weighted by Gasteiger charge is -2.13. The van der Waals surface area contributed by atoms with Crippen LogP contribution in [0.2, 0.25) is 0 Å². The van der Waals surface area contributed by atoms with Crippen molar-refractivity contribution in [2.24, 2.45) is 0 Å². The van der Waals surface area contributed by atoms with E-state index in [0.717, 1.165) is 166 Å². The van der Waals surface area contributed by atoms with Gasteiger partial charge in [0.1, 0.15) is 16.7 Å². The average Bonchev–Trinajstić information content (AvgIpc) is 2.98. The second-order valence-electron chi connectivity index (χ2n) is 20.7. The molecule has 0 aliphatic carbocycles. The minimum Gasteiger partial charge on any atom is -0.454 e. The van der Waals surface area contributed by atoms with E-state index in [4.69, 9.17) is 28.8 Å². The van der Waals surface area contributed by atoms with Gasteiger partial charge in [0.15, 0.2) is 11.2 Å². The van der Waals surface area contributed by atoms with Gasteiger partial charge < -0.3 is 18.0 Å². The predicted octanol–water partition coefficient (Wildman–Crippen LogP) is 18.7. The van der Waals surface area contributed by atoms with Crippen LogP contribution in [0.1, 0.15) is 0 Å². The van der Waals surface area contributed by atoms with Crippen LogP contribution in [0.25, 0.3) is 166 Å². The number of rotatable bonds is 8. The highest BCUT2D eigenvalue weighted by Crippen LogP contribution is 2.46. The zero-order valence-electron chi connectivity index (χ0n) is 43.8. The van der Waals surface area contributed by atoms with Gasteiger partial charge in [0.2, 0.25) is 0 Å². The van der Waals surface area contributed by atoms with E-state index in [0.29, 0.717) is 0 Å². The summed E-state index contributed by atoms with van der Waals surface area (Å²) < 4.78 is 18.7. The van der Waals surface area contributed by atoms with Crippen LogP contribution in [0.5, 0.6) is 0 Å². The molecule has 0 saturated carbocycles. The first-order valence-electron chi connectivity index (χ1n) is 27.4. The van der Waals surface area contributed by atoms with Crippen molar-refractivity contribution in [1.82, 2.24) is 34.1 Å². The molecule has 0 atom stereocenters. The van der Waals surface area contributed by atoms with Gasteiger partial charge in [-0.3, -0.25) is 24.9 Å². The van der Waals surface area contributed by atoms with E-state index in [1.165, 1.54) is 0 Å². The number of hydrogen-bond acceptors (Lipinski definition) is 7. The minimum atomic E-state index is 0.720. The zero-order valence-corrected chi connectivity index (χ0v) is 43.8. The van der Waals surface area contributed by atoms with Crippen molar-refractivity contribution < 1.29 is 8.83 Å². The molecule has 82 heavy (non-hydrogen) atoms. The van der Waals surface area contributed by atoms with Gasteiger partial charge in [0.05, 0.1) is 44.7 Å². The molecule has 0 aliphatic heterocycles. The molecule has 9 heterocycles. The standard InChI is InChI=1S/C73H43N7O2/c1-3-19-51(60-25-5-7-34-75-60)48(17-1)46-31-32-62-57(40-46)59-43-74-38-33-63(59)80(62)66-28-12-24-55-54-23-10-21-49(71(54)82-73(55)66)44-15-9-16-45(39-44)56-41-47(42-58-69-67(81-72(56)58)30-14-37-77-69)79-64-27-11-22-53(68(64)70-65(79)29-13-36-78-70)50-18-2-4-20-52(50)61-26-6-8-35-76-61/h1-43H. The van der Waals surface area contributed by atoms with Crippen molar-refractivity contribution in [2.75, 3.05) is 0 Å². The van der Waals surface area contributed by atoms with Gasteiger partial charge >= 0.3 is 0 Å². The summed E-state index contributed by atoms with van der Waals surface area (Å²) in [6, 6.07) is 78.6. The second kappa shape index (κ2) is 18.1. The topological polar surface area (TPSA) is 101 Å². The summed E-state index contributed by atoms with van der Waals surface area (Å²) in [6.45, 7) is 0. The first kappa shape index (κ1) is 45.7. The van der Waals surface area contributed by atoms with Crippen LogP contribution in [0.15, 0.2) is 270 Å². The molecule has 0 fully saturated rings. The molecule has 0 spiro atoms. The number of nitrogens with zero attached hydrogens (tertiary/aromatic N) is 7. The van der Waals surface area contributed by atoms with E-state index in [1.807, 2.05) is 79.6 Å². The molecule has 17 rings (SSSR count). The molecule has 9 heteroatoms. The fraction of sp³-hybridized carbons (Fsp3) is 0. The van der Waals surface area contributed by atoms with Crippen molar-refractivity contribution >= 4 is 87.7 Å². The third-order valence-corrected chi connectivity index (χ3v) is 16.2. The summed E-state index contributed by atoms with van der Waals surface area (Å²) in [5.41, 5.74) is 23.1. The van der Waals surface area contributed by atoms with Gasteiger partial charge in [0, 0.05) is 97.4 Å². The summed E-state index contributed by atoms with van der Waals surface area (Å²) in [4.78, 5) is 24.1. The average molecular weight is 1050 g/mol. The van der Waals surface area contributed by atoms with E-state index < -0.39 is 0 Å². The van der Waals surface area contributed by atoms with Crippen LogP contribution in [0.3, 0.4) is 0 Å². The minimum absolute atomic E-state index is 0.720. The second-order valence-corrected chi connectivity index (χ2v) is 20.7. The highest BCUT2D eigenvalue weighted by atomic mass is 16.3. The molecule has 0 saturated heterocycles. The molecule has 9 aromatic heterocycles. The molecule has 8 aromatic carbocycles. The van der Waals surface area contributed by atoms with Crippen molar-refractivity contribution in [1.29, 1.82) is 0 Å². The molecular weight excluding hydrogens is 1010 g/mol. The lowest BCUT2D eigenvalue weighted by atomic mass is 9.94. The van der Waals surface area contributed by atoms with E-state index >= 15 is 0 Å². The van der Waals surface area contributed by atoms with Crippen LogP contribution in [-0.4, -0.2) is 34.1 Å². The van der Waals surface area contributed by atoms with Crippen LogP contribution in [0, 0.1) is 0 Å². The largest absolute Gasteiger partial charge is 0.454 e. The number of aromatic nitrogens is 7. The van der Waals surface area contributed by atoms with Crippen LogP contribution >= 0.6 is 0 Å². The van der Waals surface area contributed by atoms with Crippen LogP contribution in [-0.2, 0) is 0 Å². The van der Waals surface area contributed by atoms with Crippen molar-refractivity contribution in [3.63, 3.8) is 0 Å². The Hall–Kier alpha value is -11.3. The maximum absolute atomic E-state index is 7.25. The maximum atomic E-state index is 7.25. The fourth-order valence-electron chi connectivity index (χ4n) is 12.7. The van der Waals surface area contributed by atoms with E-state index in [2.05, 4.69) is 196 Å². The van der Waals surface area contributed by atoms with Gasteiger partial charge in [-0.2, -0.15) is 0 Å². The number of hydrogen-bond donors (Lipinski definition) is 0. The molecular formula is C73H43N7O2. The monoisotopic (exact) mass is 1050 g/mol. The Morgan fingerprint density at radius 1 is 0.305 bits per heavy atom. The van der Waals surface area contributed by atoms with Gasteiger partial charge in [-0.25, -0.2) is 0 Å². The summed E-state index contributed by atoms with van der Waals surface area (Å²) in [7, 11) is 0.